The summed E-state index contributed by atoms with van der Waals surface area (Å²) in [6.07, 6.45) is 16.2. The monoisotopic (exact) mass is 433 g/mol. The molecule has 0 saturated carbocycles. The fraction of sp³-hybridized carbons (Fsp3) is 0.741. The number of amides is 1. The molecule has 0 aliphatic carbocycles. The molecule has 0 radical (unpaired) electrons. The second-order valence-electron chi connectivity index (χ2n) is 9.87. The van der Waals surface area contributed by atoms with E-state index < -0.39 is 0 Å². The highest BCUT2D eigenvalue weighted by Crippen LogP contribution is 2.18. The molecule has 3 nitrogen and oxygen atoms in total. The van der Waals surface area contributed by atoms with Gasteiger partial charge in [-0.1, -0.05) is 83.3 Å². The lowest BCUT2D eigenvalue weighted by Crippen LogP contribution is -2.46. The zero-order chi connectivity index (χ0) is 22.4. The van der Waals surface area contributed by atoms with Crippen molar-refractivity contribution in [2.75, 3.05) is 33.2 Å². The van der Waals surface area contributed by atoms with E-state index in [2.05, 4.69) is 18.9 Å². The highest BCUT2D eigenvalue weighted by molar-refractivity contribution is 5.76. The number of hydrogen-bond donors (Lipinski definition) is 0. The standard InChI is InChI=1S/C27H46FN2O/c1-3-4-5-6-7-8-9-10-11-12-13-15-27(31)29-20-14-22-30(2,23-21-29)24-25-16-18-26(28)19-17-25/h16-19H,3-15,20-24H2,1-2H3/q+1. The van der Waals surface area contributed by atoms with Crippen molar-refractivity contribution in [2.24, 2.45) is 0 Å². The normalized spacial score (nSPS) is 19.4. The maximum atomic E-state index is 13.2. The molecule has 1 amide bonds. The first kappa shape index (κ1) is 25.8. The van der Waals surface area contributed by atoms with Crippen LogP contribution in [0.4, 0.5) is 4.39 Å². The molecular weight excluding hydrogens is 387 g/mol. The van der Waals surface area contributed by atoms with Crippen LogP contribution in [0.15, 0.2) is 24.3 Å². The zero-order valence-corrected chi connectivity index (χ0v) is 20.2. The average Bonchev–Trinajstić information content (AvgIpc) is 2.95. The van der Waals surface area contributed by atoms with Gasteiger partial charge in [0, 0.05) is 24.9 Å². The average molecular weight is 434 g/mol. The molecule has 1 fully saturated rings. The summed E-state index contributed by atoms with van der Waals surface area (Å²) in [6.45, 7) is 6.94. The Morgan fingerprint density at radius 3 is 2.06 bits per heavy atom. The molecule has 1 atom stereocenters. The Labute approximate surface area is 190 Å². The number of carbonyl (C=O) groups excluding carboxylic acids is 1. The van der Waals surface area contributed by atoms with E-state index in [1.54, 1.807) is 12.1 Å². The fourth-order valence-electron chi connectivity index (χ4n) is 4.77. The van der Waals surface area contributed by atoms with Gasteiger partial charge in [0.15, 0.2) is 0 Å². The van der Waals surface area contributed by atoms with Crippen molar-refractivity contribution in [1.82, 2.24) is 4.90 Å². The fourth-order valence-corrected chi connectivity index (χ4v) is 4.77. The van der Waals surface area contributed by atoms with Gasteiger partial charge in [-0.2, -0.15) is 0 Å². The Balaban J connectivity index is 1.57. The maximum absolute atomic E-state index is 13.2. The van der Waals surface area contributed by atoms with Crippen LogP contribution in [0.25, 0.3) is 0 Å². The van der Waals surface area contributed by atoms with Crippen molar-refractivity contribution in [3.8, 4) is 0 Å². The minimum Gasteiger partial charge on any atom is -0.337 e. The number of halogens is 1. The van der Waals surface area contributed by atoms with Crippen LogP contribution in [0.3, 0.4) is 0 Å². The van der Waals surface area contributed by atoms with Gasteiger partial charge in [-0.15, -0.1) is 0 Å². The van der Waals surface area contributed by atoms with Gasteiger partial charge in [-0.05, 0) is 18.6 Å². The van der Waals surface area contributed by atoms with Crippen LogP contribution in [-0.2, 0) is 11.3 Å². The van der Waals surface area contributed by atoms with Gasteiger partial charge in [-0.3, -0.25) is 4.79 Å². The van der Waals surface area contributed by atoms with Crippen LogP contribution in [0.2, 0.25) is 0 Å². The summed E-state index contributed by atoms with van der Waals surface area (Å²) in [7, 11) is 2.27. The third kappa shape index (κ3) is 10.6. The van der Waals surface area contributed by atoms with Gasteiger partial charge in [-0.25, -0.2) is 4.39 Å². The largest absolute Gasteiger partial charge is 0.337 e. The first-order valence-corrected chi connectivity index (χ1v) is 12.9. The van der Waals surface area contributed by atoms with E-state index in [9.17, 15) is 9.18 Å². The number of rotatable bonds is 14. The molecule has 1 aromatic carbocycles. The van der Waals surface area contributed by atoms with Gasteiger partial charge < -0.3 is 9.38 Å². The van der Waals surface area contributed by atoms with Gasteiger partial charge in [0.25, 0.3) is 0 Å². The lowest BCUT2D eigenvalue weighted by atomic mass is 10.1. The molecule has 0 bridgehead atoms. The van der Waals surface area contributed by atoms with Crippen LogP contribution < -0.4 is 0 Å². The first-order valence-electron chi connectivity index (χ1n) is 12.9. The Morgan fingerprint density at radius 2 is 1.45 bits per heavy atom. The molecule has 4 heteroatoms. The number of likely N-dealkylation sites (N-methyl/N-ethyl adjacent to an activating group) is 1. The number of benzene rings is 1. The first-order chi connectivity index (χ1) is 15.0. The SMILES string of the molecule is CCCCCCCCCCCCCC(=O)N1CCC[N+](C)(Cc2ccc(F)cc2)CC1. The van der Waals surface area contributed by atoms with Crippen LogP contribution >= 0.6 is 0 Å². The summed E-state index contributed by atoms with van der Waals surface area (Å²) in [5.74, 6) is 0.160. The van der Waals surface area contributed by atoms with Crippen LogP contribution in [-0.4, -0.2) is 48.5 Å². The van der Waals surface area contributed by atoms with Crippen molar-refractivity contribution in [3.63, 3.8) is 0 Å². The number of unbranched alkanes of at least 4 members (excludes halogenated alkanes) is 10. The highest BCUT2D eigenvalue weighted by Gasteiger charge is 2.28. The van der Waals surface area contributed by atoms with Crippen molar-refractivity contribution < 1.29 is 13.7 Å². The van der Waals surface area contributed by atoms with Gasteiger partial charge in [0.2, 0.25) is 5.91 Å². The summed E-state index contributed by atoms with van der Waals surface area (Å²) in [4.78, 5) is 14.8. The van der Waals surface area contributed by atoms with Crippen LogP contribution in [0.5, 0.6) is 0 Å². The van der Waals surface area contributed by atoms with Crippen LogP contribution in [0.1, 0.15) is 96.0 Å². The summed E-state index contributed by atoms with van der Waals surface area (Å²) >= 11 is 0. The minimum absolute atomic E-state index is 0.179. The molecule has 1 aliphatic rings. The topological polar surface area (TPSA) is 20.3 Å². The molecule has 0 aromatic heterocycles. The molecule has 0 spiro atoms. The maximum Gasteiger partial charge on any atom is 0.222 e. The Hall–Kier alpha value is -1.42. The van der Waals surface area contributed by atoms with E-state index in [-0.39, 0.29) is 5.82 Å². The number of hydrogen-bond acceptors (Lipinski definition) is 1. The Kier molecular flexibility index (Phi) is 12.2. The summed E-state index contributed by atoms with van der Waals surface area (Å²) in [6, 6.07) is 6.86. The summed E-state index contributed by atoms with van der Waals surface area (Å²) in [5.41, 5.74) is 1.17. The van der Waals surface area contributed by atoms with E-state index in [4.69, 9.17) is 0 Å². The Bertz CT molecular complexity index is 618. The molecule has 0 N–H and O–H groups in total. The van der Waals surface area contributed by atoms with Crippen molar-refractivity contribution in [2.45, 2.75) is 96.9 Å². The molecule has 1 heterocycles. The van der Waals surface area contributed by atoms with Crippen LogP contribution in [0, 0.1) is 5.82 Å². The molecule has 1 unspecified atom stereocenters. The van der Waals surface area contributed by atoms with Gasteiger partial charge in [0.05, 0.1) is 26.7 Å². The lowest BCUT2D eigenvalue weighted by molar-refractivity contribution is -0.920. The number of nitrogens with zero attached hydrogens (tertiary/aromatic N) is 2. The molecular formula is C27H46FN2O+. The van der Waals surface area contributed by atoms with Gasteiger partial charge >= 0.3 is 0 Å². The quantitative estimate of drug-likeness (QED) is 0.236. The summed E-state index contributed by atoms with van der Waals surface area (Å²) in [5, 5.41) is 0. The Morgan fingerprint density at radius 1 is 0.871 bits per heavy atom. The van der Waals surface area contributed by atoms with E-state index in [0.29, 0.717) is 12.3 Å². The third-order valence-electron chi connectivity index (χ3n) is 6.86. The van der Waals surface area contributed by atoms with Crippen molar-refractivity contribution >= 4 is 5.91 Å². The van der Waals surface area contributed by atoms with E-state index in [1.807, 2.05) is 12.1 Å². The number of quaternary nitrogens is 1. The molecule has 2 rings (SSSR count). The predicted molar refractivity (Wildman–Crippen MR) is 128 cm³/mol. The highest BCUT2D eigenvalue weighted by atomic mass is 19.1. The number of carbonyl (C=O) groups is 1. The smallest absolute Gasteiger partial charge is 0.222 e. The second kappa shape index (κ2) is 14.6. The van der Waals surface area contributed by atoms with Gasteiger partial charge in [0.1, 0.15) is 12.4 Å². The van der Waals surface area contributed by atoms with E-state index in [0.717, 1.165) is 50.0 Å². The zero-order valence-electron chi connectivity index (χ0n) is 20.2. The predicted octanol–water partition coefficient (Wildman–Crippen LogP) is 6.71. The van der Waals surface area contributed by atoms with E-state index in [1.165, 1.54) is 69.8 Å². The molecule has 31 heavy (non-hydrogen) atoms. The third-order valence-corrected chi connectivity index (χ3v) is 6.86. The second-order valence-corrected chi connectivity index (χ2v) is 9.87. The molecule has 1 aliphatic heterocycles. The summed E-state index contributed by atoms with van der Waals surface area (Å²) < 4.78 is 14.1. The van der Waals surface area contributed by atoms with Crippen molar-refractivity contribution in [3.05, 3.63) is 35.6 Å². The lowest BCUT2D eigenvalue weighted by Gasteiger charge is -2.33. The minimum atomic E-state index is -0.179. The van der Waals surface area contributed by atoms with Crippen molar-refractivity contribution in [1.29, 1.82) is 0 Å². The van der Waals surface area contributed by atoms with E-state index >= 15 is 0 Å². The molecule has 1 saturated heterocycles. The molecule has 176 valence electrons. The molecule has 1 aromatic rings.